The molecule has 18 heavy (non-hydrogen) atoms. The first kappa shape index (κ1) is 12.9. The van der Waals surface area contributed by atoms with Crippen LogP contribution in [0, 0.1) is 0 Å². The standard InChI is InChI=1S/C12H13F3N2O/c13-12(14,15)9-3-1-8(2-4-9)6-16-10-5-11(18)17-7-10/h1-4,10,16H,5-7H2,(H,17,18). The summed E-state index contributed by atoms with van der Waals surface area (Å²) in [5.74, 6) is -0.0000747. The SMILES string of the molecule is O=C1CC(NCc2ccc(C(F)(F)F)cc2)CN1. The van der Waals surface area contributed by atoms with Crippen LogP contribution in [0.25, 0.3) is 0 Å². The average molecular weight is 258 g/mol. The highest BCUT2D eigenvalue weighted by Crippen LogP contribution is 2.29. The van der Waals surface area contributed by atoms with Crippen molar-refractivity contribution in [1.82, 2.24) is 10.6 Å². The van der Waals surface area contributed by atoms with Crippen molar-refractivity contribution < 1.29 is 18.0 Å². The third-order valence-electron chi connectivity index (χ3n) is 2.85. The smallest absolute Gasteiger partial charge is 0.354 e. The van der Waals surface area contributed by atoms with E-state index >= 15 is 0 Å². The van der Waals surface area contributed by atoms with Gasteiger partial charge in [-0.1, -0.05) is 12.1 Å². The summed E-state index contributed by atoms with van der Waals surface area (Å²) in [5.41, 5.74) is 0.117. The molecule has 2 rings (SSSR count). The topological polar surface area (TPSA) is 41.1 Å². The van der Waals surface area contributed by atoms with E-state index in [9.17, 15) is 18.0 Å². The fraction of sp³-hybridized carbons (Fsp3) is 0.417. The normalized spacial score (nSPS) is 19.9. The second kappa shape index (κ2) is 4.97. The number of halogens is 3. The molecule has 0 aliphatic carbocycles. The van der Waals surface area contributed by atoms with Gasteiger partial charge < -0.3 is 10.6 Å². The maximum absolute atomic E-state index is 12.3. The zero-order chi connectivity index (χ0) is 13.2. The van der Waals surface area contributed by atoms with E-state index in [1.807, 2.05) is 0 Å². The van der Waals surface area contributed by atoms with Gasteiger partial charge in [0.15, 0.2) is 0 Å². The van der Waals surface area contributed by atoms with Gasteiger partial charge >= 0.3 is 6.18 Å². The van der Waals surface area contributed by atoms with Crippen LogP contribution < -0.4 is 10.6 Å². The molecular formula is C12H13F3N2O. The summed E-state index contributed by atoms with van der Waals surface area (Å²) >= 11 is 0. The maximum Gasteiger partial charge on any atom is 0.416 e. The average Bonchev–Trinajstić information content (AvgIpc) is 2.72. The Bertz CT molecular complexity index is 428. The van der Waals surface area contributed by atoms with Crippen LogP contribution in [0.5, 0.6) is 0 Å². The molecule has 1 saturated heterocycles. The number of carbonyl (C=O) groups excluding carboxylic acids is 1. The molecule has 2 N–H and O–H groups in total. The summed E-state index contributed by atoms with van der Waals surface area (Å²) in [5, 5.41) is 5.81. The number of hydrogen-bond acceptors (Lipinski definition) is 2. The summed E-state index contributed by atoms with van der Waals surface area (Å²) in [6.07, 6.45) is -3.88. The number of rotatable bonds is 3. The van der Waals surface area contributed by atoms with Crippen molar-refractivity contribution in [2.75, 3.05) is 6.54 Å². The Labute approximate surface area is 102 Å². The number of hydrogen-bond donors (Lipinski definition) is 2. The summed E-state index contributed by atoms with van der Waals surface area (Å²) < 4.78 is 37.0. The third-order valence-corrected chi connectivity index (χ3v) is 2.85. The Morgan fingerprint density at radius 3 is 2.44 bits per heavy atom. The molecule has 1 aromatic rings. The number of alkyl halides is 3. The molecule has 98 valence electrons. The Morgan fingerprint density at radius 1 is 1.28 bits per heavy atom. The fourth-order valence-electron chi connectivity index (χ4n) is 1.82. The van der Waals surface area contributed by atoms with Gasteiger partial charge in [-0.2, -0.15) is 13.2 Å². The summed E-state index contributed by atoms with van der Waals surface area (Å²) in [4.78, 5) is 10.9. The van der Waals surface area contributed by atoms with Crippen molar-refractivity contribution in [2.45, 2.75) is 25.2 Å². The van der Waals surface area contributed by atoms with E-state index in [1.165, 1.54) is 12.1 Å². The van der Waals surface area contributed by atoms with Crippen molar-refractivity contribution in [1.29, 1.82) is 0 Å². The van der Waals surface area contributed by atoms with E-state index in [2.05, 4.69) is 10.6 Å². The van der Waals surface area contributed by atoms with Gasteiger partial charge in [0.05, 0.1) is 5.56 Å². The van der Waals surface area contributed by atoms with Crippen molar-refractivity contribution in [3.05, 3.63) is 35.4 Å². The highest BCUT2D eigenvalue weighted by atomic mass is 19.4. The molecule has 0 radical (unpaired) electrons. The molecule has 1 aliphatic heterocycles. The maximum atomic E-state index is 12.3. The Hall–Kier alpha value is -1.56. The molecule has 6 heteroatoms. The van der Waals surface area contributed by atoms with Crippen LogP contribution in [-0.2, 0) is 17.5 Å². The number of carbonyl (C=O) groups is 1. The summed E-state index contributed by atoms with van der Waals surface area (Å²) in [7, 11) is 0. The zero-order valence-electron chi connectivity index (χ0n) is 9.55. The number of nitrogens with one attached hydrogen (secondary N) is 2. The first-order valence-electron chi connectivity index (χ1n) is 5.61. The van der Waals surface area contributed by atoms with E-state index in [1.54, 1.807) is 0 Å². The molecule has 0 spiro atoms. The predicted molar refractivity (Wildman–Crippen MR) is 59.7 cm³/mol. The lowest BCUT2D eigenvalue weighted by molar-refractivity contribution is -0.137. The second-order valence-corrected chi connectivity index (χ2v) is 4.28. The lowest BCUT2D eigenvalue weighted by Gasteiger charge is -2.11. The Balaban J connectivity index is 1.89. The number of amides is 1. The molecule has 1 aromatic carbocycles. The quantitative estimate of drug-likeness (QED) is 0.866. The lowest BCUT2D eigenvalue weighted by Crippen LogP contribution is -2.30. The van der Waals surface area contributed by atoms with Gasteiger partial charge in [0.2, 0.25) is 5.91 Å². The molecule has 0 saturated carbocycles. The van der Waals surface area contributed by atoms with Crippen LogP contribution in [0.1, 0.15) is 17.5 Å². The Kier molecular flexibility index (Phi) is 3.56. The van der Waals surface area contributed by atoms with Crippen LogP contribution in [0.4, 0.5) is 13.2 Å². The van der Waals surface area contributed by atoms with Crippen molar-refractivity contribution in [2.24, 2.45) is 0 Å². The minimum absolute atomic E-state index is 0.0000747. The third kappa shape index (κ3) is 3.22. The number of benzene rings is 1. The molecule has 1 fully saturated rings. The molecule has 1 heterocycles. The fourth-order valence-corrected chi connectivity index (χ4v) is 1.82. The summed E-state index contributed by atoms with van der Waals surface area (Å²) in [6, 6.07) is 5.07. The van der Waals surface area contributed by atoms with Crippen LogP contribution in [0.15, 0.2) is 24.3 Å². The molecule has 3 nitrogen and oxygen atoms in total. The Morgan fingerprint density at radius 2 is 1.94 bits per heavy atom. The minimum Gasteiger partial charge on any atom is -0.354 e. The van der Waals surface area contributed by atoms with Gasteiger partial charge in [-0.3, -0.25) is 4.79 Å². The van der Waals surface area contributed by atoms with Gasteiger partial charge in [-0.25, -0.2) is 0 Å². The second-order valence-electron chi connectivity index (χ2n) is 4.28. The highest BCUT2D eigenvalue weighted by molar-refractivity contribution is 5.78. The van der Waals surface area contributed by atoms with Crippen LogP contribution in [0.2, 0.25) is 0 Å². The lowest BCUT2D eigenvalue weighted by atomic mass is 10.1. The van der Waals surface area contributed by atoms with Gasteiger partial charge in [0, 0.05) is 25.6 Å². The highest BCUT2D eigenvalue weighted by Gasteiger charge is 2.29. The van der Waals surface area contributed by atoms with Crippen molar-refractivity contribution in [3.63, 3.8) is 0 Å². The largest absolute Gasteiger partial charge is 0.416 e. The van der Waals surface area contributed by atoms with Gasteiger partial charge in [-0.05, 0) is 17.7 Å². The van der Waals surface area contributed by atoms with Crippen LogP contribution >= 0.6 is 0 Å². The van der Waals surface area contributed by atoms with Gasteiger partial charge in [0.25, 0.3) is 0 Å². The van der Waals surface area contributed by atoms with E-state index in [0.717, 1.165) is 17.7 Å². The molecule has 0 bridgehead atoms. The monoisotopic (exact) mass is 258 g/mol. The van der Waals surface area contributed by atoms with Crippen molar-refractivity contribution >= 4 is 5.91 Å². The first-order valence-corrected chi connectivity index (χ1v) is 5.61. The minimum atomic E-state index is -4.30. The first-order chi connectivity index (χ1) is 8.45. The zero-order valence-corrected chi connectivity index (χ0v) is 9.55. The van der Waals surface area contributed by atoms with E-state index in [4.69, 9.17) is 0 Å². The molecule has 1 atom stereocenters. The van der Waals surface area contributed by atoms with Crippen molar-refractivity contribution in [3.8, 4) is 0 Å². The van der Waals surface area contributed by atoms with Crippen LogP contribution in [-0.4, -0.2) is 18.5 Å². The van der Waals surface area contributed by atoms with E-state index in [0.29, 0.717) is 19.5 Å². The summed E-state index contributed by atoms with van der Waals surface area (Å²) in [6.45, 7) is 1.03. The predicted octanol–water partition coefficient (Wildman–Crippen LogP) is 1.68. The molecule has 0 aromatic heterocycles. The van der Waals surface area contributed by atoms with Crippen LogP contribution in [0.3, 0.4) is 0 Å². The molecule has 1 unspecified atom stereocenters. The molecule has 1 amide bonds. The van der Waals surface area contributed by atoms with E-state index < -0.39 is 11.7 Å². The molecule has 1 aliphatic rings. The molecular weight excluding hydrogens is 245 g/mol. The van der Waals surface area contributed by atoms with Gasteiger partial charge in [-0.15, -0.1) is 0 Å². The van der Waals surface area contributed by atoms with Gasteiger partial charge in [0.1, 0.15) is 0 Å². The van der Waals surface area contributed by atoms with E-state index in [-0.39, 0.29) is 11.9 Å².